The monoisotopic (exact) mass is 400 g/mol. The second-order valence-electron chi connectivity index (χ2n) is 6.78. The zero-order valence-electron chi connectivity index (χ0n) is 17.3. The maximum absolute atomic E-state index is 12.5. The molecule has 2 rings (SSSR count). The third kappa shape index (κ3) is 6.22. The Morgan fingerprint density at radius 3 is 2.31 bits per heavy atom. The fourth-order valence-corrected chi connectivity index (χ4v) is 2.61. The van der Waals surface area contributed by atoms with Crippen molar-refractivity contribution < 1.29 is 23.9 Å². The van der Waals surface area contributed by atoms with Gasteiger partial charge in [0.1, 0.15) is 11.5 Å². The van der Waals surface area contributed by atoms with Gasteiger partial charge in [-0.15, -0.1) is 0 Å². The molecule has 29 heavy (non-hydrogen) atoms. The minimum atomic E-state index is -0.800. The van der Waals surface area contributed by atoms with Crippen molar-refractivity contribution in [1.29, 1.82) is 0 Å². The van der Waals surface area contributed by atoms with Crippen LogP contribution in [-0.2, 0) is 19.8 Å². The molecule has 0 aromatic heterocycles. The molecule has 0 aliphatic heterocycles. The van der Waals surface area contributed by atoms with Crippen LogP contribution in [0, 0.1) is 0 Å². The Kier molecular flexibility index (Phi) is 8.03. The van der Waals surface area contributed by atoms with E-state index < -0.39 is 11.3 Å². The number of carbonyl (C=O) groups excluding carboxylic acids is 2. The van der Waals surface area contributed by atoms with Crippen LogP contribution in [0.25, 0.3) is 0 Å². The molecular formula is C22H28N2O5. The molecule has 2 aromatic carbocycles. The Balaban J connectivity index is 1.93. The van der Waals surface area contributed by atoms with Gasteiger partial charge in [0.25, 0.3) is 11.8 Å². The highest BCUT2D eigenvalue weighted by molar-refractivity contribution is 5.93. The Morgan fingerprint density at radius 1 is 0.966 bits per heavy atom. The van der Waals surface area contributed by atoms with Crippen LogP contribution in [-0.4, -0.2) is 31.6 Å². The van der Waals surface area contributed by atoms with E-state index in [1.807, 2.05) is 44.2 Å². The first kappa shape index (κ1) is 22.2. The zero-order chi connectivity index (χ0) is 21.3. The summed E-state index contributed by atoms with van der Waals surface area (Å²) in [6.07, 6.45) is 0. The molecule has 0 aliphatic carbocycles. The lowest BCUT2D eigenvalue weighted by atomic mass is 9.84. The lowest BCUT2D eigenvalue weighted by Gasteiger charge is -2.23. The minimum Gasteiger partial charge on any atom is -0.494 e. The van der Waals surface area contributed by atoms with Crippen LogP contribution in [0.2, 0.25) is 0 Å². The summed E-state index contributed by atoms with van der Waals surface area (Å²) < 4.78 is 11.0. The largest absolute Gasteiger partial charge is 0.494 e. The first-order chi connectivity index (χ1) is 13.9. The van der Waals surface area contributed by atoms with E-state index in [9.17, 15) is 9.59 Å². The number of hydroxylamine groups is 1. The molecule has 2 N–H and O–H groups in total. The van der Waals surface area contributed by atoms with Crippen LogP contribution in [0.5, 0.6) is 11.5 Å². The van der Waals surface area contributed by atoms with Gasteiger partial charge in [0, 0.05) is 6.07 Å². The second kappa shape index (κ2) is 10.5. The number of hydrogen-bond donors (Lipinski definition) is 2. The number of amides is 2. The molecule has 7 nitrogen and oxygen atoms in total. The van der Waals surface area contributed by atoms with E-state index in [1.54, 1.807) is 32.0 Å². The highest BCUT2D eigenvalue weighted by Gasteiger charge is 2.30. The number of benzene rings is 2. The van der Waals surface area contributed by atoms with Gasteiger partial charge in [-0.05, 0) is 45.4 Å². The summed E-state index contributed by atoms with van der Waals surface area (Å²) in [4.78, 5) is 29.8. The van der Waals surface area contributed by atoms with Crippen LogP contribution in [0.4, 0.5) is 5.69 Å². The lowest BCUT2D eigenvalue weighted by molar-refractivity contribution is -0.141. The van der Waals surface area contributed by atoms with Crippen molar-refractivity contribution in [1.82, 2.24) is 5.48 Å². The van der Waals surface area contributed by atoms with Gasteiger partial charge in [0.15, 0.2) is 6.61 Å². The molecule has 0 saturated heterocycles. The Morgan fingerprint density at radius 2 is 1.66 bits per heavy atom. The predicted octanol–water partition coefficient (Wildman–Crippen LogP) is 3.45. The summed E-state index contributed by atoms with van der Waals surface area (Å²) in [5.74, 6) is 0.367. The smallest absolute Gasteiger partial charge is 0.253 e. The van der Waals surface area contributed by atoms with Crippen molar-refractivity contribution in [2.24, 2.45) is 0 Å². The number of hydrogen-bond acceptors (Lipinski definition) is 5. The molecule has 0 radical (unpaired) electrons. The van der Waals surface area contributed by atoms with E-state index in [1.165, 1.54) is 0 Å². The molecule has 0 atom stereocenters. The second-order valence-corrected chi connectivity index (χ2v) is 6.78. The zero-order valence-corrected chi connectivity index (χ0v) is 17.3. The van der Waals surface area contributed by atoms with E-state index in [-0.39, 0.29) is 12.5 Å². The van der Waals surface area contributed by atoms with Gasteiger partial charge in [-0.1, -0.05) is 30.3 Å². The molecule has 0 unspecified atom stereocenters. The fourth-order valence-electron chi connectivity index (χ4n) is 2.61. The SMILES string of the molecule is CCOc1ccc(OCC)c(NC(=O)CONC(=O)C(C)(C)c2ccccc2)c1. The lowest BCUT2D eigenvalue weighted by Crippen LogP contribution is -2.41. The summed E-state index contributed by atoms with van der Waals surface area (Å²) in [7, 11) is 0. The Hall–Kier alpha value is -3.06. The number of nitrogens with one attached hydrogen (secondary N) is 2. The van der Waals surface area contributed by atoms with Crippen molar-refractivity contribution >= 4 is 17.5 Å². The summed E-state index contributed by atoms with van der Waals surface area (Å²) >= 11 is 0. The average Bonchev–Trinajstić information content (AvgIpc) is 2.71. The van der Waals surface area contributed by atoms with Gasteiger partial charge >= 0.3 is 0 Å². The van der Waals surface area contributed by atoms with Crippen molar-refractivity contribution in [2.45, 2.75) is 33.1 Å². The third-order valence-corrected chi connectivity index (χ3v) is 4.27. The maximum atomic E-state index is 12.5. The Labute approximate surface area is 171 Å². The van der Waals surface area contributed by atoms with Gasteiger partial charge in [-0.25, -0.2) is 5.48 Å². The molecule has 2 amide bonds. The summed E-state index contributed by atoms with van der Waals surface area (Å²) in [6.45, 7) is 7.92. The summed E-state index contributed by atoms with van der Waals surface area (Å²) in [6, 6.07) is 14.5. The van der Waals surface area contributed by atoms with Crippen molar-refractivity contribution in [2.75, 3.05) is 25.1 Å². The molecular weight excluding hydrogens is 372 g/mol. The Bertz CT molecular complexity index is 821. The summed E-state index contributed by atoms with van der Waals surface area (Å²) in [5.41, 5.74) is 2.88. The third-order valence-electron chi connectivity index (χ3n) is 4.27. The number of anilines is 1. The molecule has 0 heterocycles. The standard InChI is InChI=1S/C22H28N2O5/c1-5-27-17-12-13-19(28-6-2)18(14-17)23-20(25)15-29-24-21(26)22(3,4)16-10-8-7-9-11-16/h7-14H,5-6,15H2,1-4H3,(H,23,25)(H,24,26). The molecule has 0 fully saturated rings. The normalized spacial score (nSPS) is 10.9. The van der Waals surface area contributed by atoms with Crippen LogP contribution in [0.1, 0.15) is 33.3 Å². The van der Waals surface area contributed by atoms with Gasteiger partial charge < -0.3 is 14.8 Å². The first-order valence-electron chi connectivity index (χ1n) is 9.55. The minimum absolute atomic E-state index is 0.343. The average molecular weight is 400 g/mol. The molecule has 0 aliphatic rings. The molecule has 7 heteroatoms. The molecule has 156 valence electrons. The molecule has 0 bridgehead atoms. The van der Waals surface area contributed by atoms with E-state index >= 15 is 0 Å². The quantitative estimate of drug-likeness (QED) is 0.597. The highest BCUT2D eigenvalue weighted by atomic mass is 16.7. The highest BCUT2D eigenvalue weighted by Crippen LogP contribution is 2.29. The van der Waals surface area contributed by atoms with Gasteiger partial charge in [0.2, 0.25) is 0 Å². The summed E-state index contributed by atoms with van der Waals surface area (Å²) in [5, 5.41) is 2.72. The topological polar surface area (TPSA) is 85.9 Å². The van der Waals surface area contributed by atoms with Crippen LogP contribution in [0.15, 0.2) is 48.5 Å². The van der Waals surface area contributed by atoms with Gasteiger partial charge in [0.05, 0.1) is 24.3 Å². The molecule has 2 aromatic rings. The van der Waals surface area contributed by atoms with Crippen LogP contribution >= 0.6 is 0 Å². The van der Waals surface area contributed by atoms with Gasteiger partial charge in [-0.2, -0.15) is 0 Å². The number of rotatable bonds is 10. The van der Waals surface area contributed by atoms with Crippen LogP contribution < -0.4 is 20.3 Å². The predicted molar refractivity (Wildman–Crippen MR) is 111 cm³/mol. The van der Waals surface area contributed by atoms with Gasteiger partial charge in [-0.3, -0.25) is 14.4 Å². The van der Waals surface area contributed by atoms with E-state index in [4.69, 9.17) is 14.3 Å². The molecule has 0 saturated carbocycles. The van der Waals surface area contributed by atoms with E-state index in [0.717, 1.165) is 5.56 Å². The van der Waals surface area contributed by atoms with Crippen molar-refractivity contribution in [3.63, 3.8) is 0 Å². The number of ether oxygens (including phenoxy) is 2. The number of carbonyl (C=O) groups is 2. The van der Waals surface area contributed by atoms with Crippen molar-refractivity contribution in [3.05, 3.63) is 54.1 Å². The fraction of sp³-hybridized carbons (Fsp3) is 0.364. The first-order valence-corrected chi connectivity index (χ1v) is 9.55. The van der Waals surface area contributed by atoms with Crippen LogP contribution in [0.3, 0.4) is 0 Å². The van der Waals surface area contributed by atoms with E-state index in [2.05, 4.69) is 10.8 Å². The van der Waals surface area contributed by atoms with Crippen molar-refractivity contribution in [3.8, 4) is 11.5 Å². The maximum Gasteiger partial charge on any atom is 0.253 e. The molecule has 0 spiro atoms. The van der Waals surface area contributed by atoms with E-state index in [0.29, 0.717) is 30.4 Å².